The van der Waals surface area contributed by atoms with Gasteiger partial charge in [-0.25, -0.2) is 4.98 Å². The van der Waals surface area contributed by atoms with Crippen molar-refractivity contribution in [3.8, 4) is 0 Å². The molecule has 0 saturated carbocycles. The summed E-state index contributed by atoms with van der Waals surface area (Å²) < 4.78 is 43.9. The minimum absolute atomic E-state index is 0.0168. The molecule has 164 valence electrons. The average Bonchev–Trinajstić information content (AvgIpc) is 2.95. The fourth-order valence-corrected chi connectivity index (χ4v) is 3.88. The number of hydrogen-bond acceptors (Lipinski definition) is 4. The molecule has 3 aromatic rings. The number of anilines is 1. The lowest BCUT2D eigenvalue weighted by Crippen LogP contribution is -2.36. The number of aromatic nitrogens is 1. The third kappa shape index (κ3) is 4.52. The van der Waals surface area contributed by atoms with Gasteiger partial charge in [0, 0.05) is 43.3 Å². The van der Waals surface area contributed by atoms with Crippen molar-refractivity contribution in [1.82, 2.24) is 9.88 Å². The molecular formula is C23H24F3N3O2. The molecule has 0 radical (unpaired) electrons. The number of benzene rings is 1. The summed E-state index contributed by atoms with van der Waals surface area (Å²) >= 11 is 0. The van der Waals surface area contributed by atoms with Crippen molar-refractivity contribution in [3.05, 3.63) is 59.0 Å². The molecule has 1 aromatic carbocycles. The Morgan fingerprint density at radius 3 is 2.58 bits per heavy atom. The van der Waals surface area contributed by atoms with Gasteiger partial charge in [0.15, 0.2) is 0 Å². The van der Waals surface area contributed by atoms with E-state index in [-0.39, 0.29) is 12.3 Å². The lowest BCUT2D eigenvalue weighted by atomic mass is 10.0. The van der Waals surface area contributed by atoms with Gasteiger partial charge in [-0.3, -0.25) is 4.79 Å². The highest BCUT2D eigenvalue weighted by atomic mass is 19.4. The molecule has 0 aliphatic carbocycles. The van der Waals surface area contributed by atoms with Crippen LogP contribution in [0.1, 0.15) is 28.7 Å². The largest absolute Gasteiger partial charge is 0.464 e. The molecule has 0 N–H and O–H groups in total. The van der Waals surface area contributed by atoms with Crippen molar-refractivity contribution in [2.24, 2.45) is 0 Å². The molecule has 2 aromatic heterocycles. The molecule has 4 rings (SSSR count). The Morgan fingerprint density at radius 1 is 1.10 bits per heavy atom. The number of rotatable bonds is 3. The quantitative estimate of drug-likeness (QED) is 0.601. The molecule has 1 saturated heterocycles. The van der Waals surface area contributed by atoms with E-state index in [1.807, 2.05) is 29.7 Å². The zero-order valence-electron chi connectivity index (χ0n) is 17.5. The predicted molar refractivity (Wildman–Crippen MR) is 112 cm³/mol. The monoisotopic (exact) mass is 431 g/mol. The first-order valence-electron chi connectivity index (χ1n) is 10.3. The van der Waals surface area contributed by atoms with Crippen molar-refractivity contribution in [2.75, 3.05) is 31.1 Å². The van der Waals surface area contributed by atoms with Gasteiger partial charge >= 0.3 is 6.18 Å². The topological polar surface area (TPSA) is 49.6 Å². The molecule has 0 atom stereocenters. The Labute approximate surface area is 178 Å². The molecule has 31 heavy (non-hydrogen) atoms. The molecule has 8 heteroatoms. The first-order valence-corrected chi connectivity index (χ1v) is 10.3. The van der Waals surface area contributed by atoms with Crippen LogP contribution < -0.4 is 4.90 Å². The van der Waals surface area contributed by atoms with Crippen molar-refractivity contribution in [3.63, 3.8) is 0 Å². The van der Waals surface area contributed by atoms with Gasteiger partial charge in [0.1, 0.15) is 11.4 Å². The summed E-state index contributed by atoms with van der Waals surface area (Å²) in [7, 11) is 0. The van der Waals surface area contributed by atoms with Crippen molar-refractivity contribution >= 4 is 22.7 Å². The Morgan fingerprint density at radius 2 is 1.87 bits per heavy atom. The van der Waals surface area contributed by atoms with Crippen LogP contribution in [0, 0.1) is 13.8 Å². The van der Waals surface area contributed by atoms with Gasteiger partial charge in [0.05, 0.1) is 18.2 Å². The fraction of sp³-hybridized carbons (Fsp3) is 0.391. The van der Waals surface area contributed by atoms with Crippen LogP contribution in [0.4, 0.5) is 19.0 Å². The van der Waals surface area contributed by atoms with E-state index in [0.29, 0.717) is 32.0 Å². The molecule has 3 heterocycles. The van der Waals surface area contributed by atoms with Gasteiger partial charge in [-0.05, 0) is 55.7 Å². The maximum absolute atomic E-state index is 12.9. The van der Waals surface area contributed by atoms with Gasteiger partial charge in [0.25, 0.3) is 0 Å². The Kier molecular flexibility index (Phi) is 5.64. The van der Waals surface area contributed by atoms with E-state index >= 15 is 0 Å². The van der Waals surface area contributed by atoms with Gasteiger partial charge in [-0.15, -0.1) is 0 Å². The lowest BCUT2D eigenvalue weighted by molar-refractivity contribution is -0.137. The minimum atomic E-state index is -4.40. The maximum Gasteiger partial charge on any atom is 0.417 e. The van der Waals surface area contributed by atoms with Crippen molar-refractivity contribution < 1.29 is 22.4 Å². The molecule has 1 amide bonds. The number of aryl methyl sites for hydroxylation is 2. The minimum Gasteiger partial charge on any atom is -0.464 e. The molecule has 1 aliphatic heterocycles. The Balaban J connectivity index is 1.42. The SMILES string of the molecule is Cc1cc2occ(CC(=O)N3CCCN(c4ccc(C(F)(F)F)cn4)CC3)c2cc1C. The molecular weight excluding hydrogens is 407 g/mol. The number of fused-ring (bicyclic) bond motifs is 1. The smallest absolute Gasteiger partial charge is 0.417 e. The van der Waals surface area contributed by atoms with Crippen LogP contribution in [0.25, 0.3) is 11.0 Å². The number of halogens is 3. The highest BCUT2D eigenvalue weighted by Crippen LogP contribution is 2.30. The predicted octanol–water partition coefficient (Wildman–Crippen LogP) is 4.74. The number of furan rings is 1. The van der Waals surface area contributed by atoms with Gasteiger partial charge in [-0.2, -0.15) is 13.2 Å². The van der Waals surface area contributed by atoms with Gasteiger partial charge in [0.2, 0.25) is 5.91 Å². The second-order valence-corrected chi connectivity index (χ2v) is 7.99. The van der Waals surface area contributed by atoms with Crippen LogP contribution in [0.15, 0.2) is 41.1 Å². The Hall–Kier alpha value is -3.03. The van der Waals surface area contributed by atoms with Gasteiger partial charge in [-0.1, -0.05) is 0 Å². The number of carbonyl (C=O) groups excluding carboxylic acids is 1. The summed E-state index contributed by atoms with van der Waals surface area (Å²) in [5.41, 5.74) is 3.18. The van der Waals surface area contributed by atoms with Crippen LogP contribution >= 0.6 is 0 Å². The standard InChI is InChI=1S/C23H24F3N3O2/c1-15-10-19-17(14-31-20(19)11-16(15)2)12-22(30)29-7-3-6-28(8-9-29)21-5-4-18(13-27-21)23(24,25)26/h4-5,10-11,13-14H,3,6-9,12H2,1-2H3. The van der Waals surface area contributed by atoms with E-state index in [1.54, 1.807) is 6.26 Å². The van der Waals surface area contributed by atoms with E-state index < -0.39 is 11.7 Å². The third-order valence-electron chi connectivity index (χ3n) is 5.86. The van der Waals surface area contributed by atoms with E-state index in [0.717, 1.165) is 46.3 Å². The molecule has 0 spiro atoms. The number of amides is 1. The fourth-order valence-electron chi connectivity index (χ4n) is 3.88. The number of pyridine rings is 1. The highest BCUT2D eigenvalue weighted by molar-refractivity contribution is 5.88. The first kappa shape index (κ1) is 21.2. The summed E-state index contributed by atoms with van der Waals surface area (Å²) in [6.07, 6.45) is -0.913. The normalized spacial score (nSPS) is 15.4. The number of hydrogen-bond donors (Lipinski definition) is 0. The highest BCUT2D eigenvalue weighted by Gasteiger charge is 2.31. The van der Waals surface area contributed by atoms with E-state index in [4.69, 9.17) is 4.42 Å². The summed E-state index contributed by atoms with van der Waals surface area (Å²) in [6.45, 7) is 6.31. The molecule has 1 aliphatic rings. The zero-order chi connectivity index (χ0) is 22.2. The average molecular weight is 431 g/mol. The molecule has 0 bridgehead atoms. The second-order valence-electron chi connectivity index (χ2n) is 7.99. The van der Waals surface area contributed by atoms with Crippen molar-refractivity contribution in [1.29, 1.82) is 0 Å². The summed E-state index contributed by atoms with van der Waals surface area (Å²) in [4.78, 5) is 20.7. The number of nitrogens with zero attached hydrogens (tertiary/aromatic N) is 3. The van der Waals surface area contributed by atoms with Crippen molar-refractivity contribution in [2.45, 2.75) is 32.9 Å². The number of carbonyl (C=O) groups is 1. The van der Waals surface area contributed by atoms with Gasteiger partial charge < -0.3 is 14.2 Å². The summed E-state index contributed by atoms with van der Waals surface area (Å²) in [5, 5.41) is 0.960. The van der Waals surface area contributed by atoms with E-state index in [1.165, 1.54) is 6.07 Å². The van der Waals surface area contributed by atoms with E-state index in [9.17, 15) is 18.0 Å². The maximum atomic E-state index is 12.9. The van der Waals surface area contributed by atoms with Crippen LogP contribution in [-0.4, -0.2) is 42.0 Å². The second kappa shape index (κ2) is 8.24. The molecule has 0 unspecified atom stereocenters. The molecule has 1 fully saturated rings. The molecule has 5 nitrogen and oxygen atoms in total. The number of alkyl halides is 3. The zero-order valence-corrected chi connectivity index (χ0v) is 17.5. The van der Waals surface area contributed by atoms with Crippen LogP contribution in [0.3, 0.4) is 0 Å². The first-order chi connectivity index (χ1) is 14.7. The van der Waals surface area contributed by atoms with Crippen LogP contribution in [0.2, 0.25) is 0 Å². The van der Waals surface area contributed by atoms with E-state index in [2.05, 4.69) is 11.1 Å². The third-order valence-corrected chi connectivity index (χ3v) is 5.86. The van der Waals surface area contributed by atoms with Crippen LogP contribution in [0.5, 0.6) is 0 Å². The lowest BCUT2D eigenvalue weighted by Gasteiger charge is -2.23. The Bertz CT molecular complexity index is 1090. The summed E-state index contributed by atoms with van der Waals surface area (Å²) in [5.74, 6) is 0.511. The summed E-state index contributed by atoms with van der Waals surface area (Å²) in [6, 6.07) is 6.48. The van der Waals surface area contributed by atoms with Crippen LogP contribution in [-0.2, 0) is 17.4 Å².